The minimum Gasteiger partial charge on any atom is -0.457 e. The first-order valence-corrected chi connectivity index (χ1v) is 11.4. The van der Waals surface area contributed by atoms with Gasteiger partial charge in [-0.1, -0.05) is 56.3 Å². The molecule has 0 amide bonds. The molecule has 0 saturated carbocycles. The van der Waals surface area contributed by atoms with Crippen LogP contribution in [0.2, 0.25) is 0 Å². The zero-order chi connectivity index (χ0) is 25.9. The molecule has 0 aliphatic rings. The van der Waals surface area contributed by atoms with Crippen LogP contribution in [0.15, 0.2) is 72.8 Å². The van der Waals surface area contributed by atoms with Gasteiger partial charge >= 0.3 is 23.9 Å². The van der Waals surface area contributed by atoms with Gasteiger partial charge in [-0.2, -0.15) is 0 Å². The lowest BCUT2D eigenvalue weighted by Crippen LogP contribution is -2.12. The van der Waals surface area contributed by atoms with E-state index in [0.717, 1.165) is 0 Å². The average Bonchev–Trinajstić information content (AvgIpc) is 2.91. The van der Waals surface area contributed by atoms with Gasteiger partial charge in [-0.15, -0.1) is 0 Å². The lowest BCUT2D eigenvalue weighted by molar-refractivity contribution is -0.135. The van der Waals surface area contributed by atoms with E-state index in [4.69, 9.17) is 18.9 Å². The van der Waals surface area contributed by atoms with Crippen LogP contribution in [0.4, 0.5) is 0 Å². The maximum Gasteiger partial charge on any atom is 0.342 e. The molecule has 36 heavy (non-hydrogen) atoms. The number of rotatable bonds is 10. The number of para-hydroxylation sites is 2. The molecule has 0 unspecified atom stereocenters. The van der Waals surface area contributed by atoms with Crippen LogP contribution in [0.5, 0.6) is 11.5 Å². The van der Waals surface area contributed by atoms with Crippen LogP contribution in [0, 0.1) is 0 Å². The maximum atomic E-state index is 12.6. The van der Waals surface area contributed by atoms with Crippen molar-refractivity contribution in [2.24, 2.45) is 0 Å². The van der Waals surface area contributed by atoms with E-state index in [0.29, 0.717) is 11.1 Å². The molecule has 186 valence electrons. The summed E-state index contributed by atoms with van der Waals surface area (Å²) in [6.45, 7) is 3.25. The Kier molecular flexibility index (Phi) is 9.33. The quantitative estimate of drug-likeness (QED) is 0.288. The number of carbonyl (C=O) groups excluding carboxylic acids is 4. The zero-order valence-corrected chi connectivity index (χ0v) is 20.0. The smallest absolute Gasteiger partial charge is 0.342 e. The Labute approximate surface area is 208 Å². The molecule has 0 spiro atoms. The molecule has 0 bridgehead atoms. The normalized spacial score (nSPS) is 10.3. The summed E-state index contributed by atoms with van der Waals surface area (Å²) in [6.07, 6.45) is 0.354. The summed E-state index contributed by atoms with van der Waals surface area (Å²) in [5.41, 5.74) is 1.65. The van der Waals surface area contributed by atoms with Crippen molar-refractivity contribution >= 4 is 23.9 Å². The predicted molar refractivity (Wildman–Crippen MR) is 129 cm³/mol. The molecule has 0 aliphatic heterocycles. The molecule has 3 rings (SSSR count). The van der Waals surface area contributed by atoms with Gasteiger partial charge in [-0.05, 0) is 41.5 Å². The fourth-order valence-corrected chi connectivity index (χ4v) is 3.10. The van der Waals surface area contributed by atoms with E-state index in [2.05, 4.69) is 0 Å². The molecule has 8 nitrogen and oxygen atoms in total. The molecule has 0 saturated heterocycles. The second-order valence-corrected chi connectivity index (χ2v) is 7.62. The van der Waals surface area contributed by atoms with Gasteiger partial charge in [0.15, 0.2) is 0 Å². The van der Waals surface area contributed by atoms with Gasteiger partial charge in [-0.3, -0.25) is 9.59 Å². The number of hydrogen-bond donors (Lipinski definition) is 0. The number of ether oxygens (including phenoxy) is 4. The Balaban J connectivity index is 1.60. The van der Waals surface area contributed by atoms with Crippen molar-refractivity contribution in [3.63, 3.8) is 0 Å². The molecule has 0 fully saturated rings. The Morgan fingerprint density at radius 1 is 0.583 bits per heavy atom. The van der Waals surface area contributed by atoms with Gasteiger partial charge in [0.2, 0.25) is 0 Å². The van der Waals surface area contributed by atoms with Gasteiger partial charge in [0.05, 0.1) is 0 Å². The van der Waals surface area contributed by atoms with Crippen molar-refractivity contribution in [3.05, 3.63) is 95.1 Å². The number of esters is 4. The van der Waals surface area contributed by atoms with Crippen LogP contribution < -0.4 is 9.47 Å². The van der Waals surface area contributed by atoms with Crippen LogP contribution in [0.3, 0.4) is 0 Å². The molecule has 0 aliphatic carbocycles. The molecule has 0 heterocycles. The van der Waals surface area contributed by atoms with E-state index in [-0.39, 0.29) is 48.7 Å². The van der Waals surface area contributed by atoms with Crippen molar-refractivity contribution in [2.45, 2.75) is 39.9 Å². The summed E-state index contributed by atoms with van der Waals surface area (Å²) in [5.74, 6) is -1.90. The van der Waals surface area contributed by atoms with Crippen LogP contribution in [-0.4, -0.2) is 23.9 Å². The summed E-state index contributed by atoms with van der Waals surface area (Å²) < 4.78 is 21.2. The topological polar surface area (TPSA) is 105 Å². The first-order chi connectivity index (χ1) is 17.4. The van der Waals surface area contributed by atoms with Crippen molar-refractivity contribution in [1.82, 2.24) is 0 Å². The molecule has 0 N–H and O–H groups in total. The molecular formula is C28H26O8. The molecule has 0 aromatic heterocycles. The van der Waals surface area contributed by atoms with E-state index in [9.17, 15) is 19.2 Å². The molecule has 3 aromatic carbocycles. The van der Waals surface area contributed by atoms with Crippen molar-refractivity contribution in [1.29, 1.82) is 0 Å². The fourth-order valence-electron chi connectivity index (χ4n) is 3.10. The number of hydrogen-bond acceptors (Lipinski definition) is 8. The monoisotopic (exact) mass is 490 g/mol. The highest BCUT2D eigenvalue weighted by Gasteiger charge is 2.17. The summed E-state index contributed by atoms with van der Waals surface area (Å²) in [6, 6.07) is 19.7. The third-order valence-corrected chi connectivity index (χ3v) is 4.97. The summed E-state index contributed by atoms with van der Waals surface area (Å²) >= 11 is 0. The van der Waals surface area contributed by atoms with Crippen molar-refractivity contribution in [2.75, 3.05) is 0 Å². The van der Waals surface area contributed by atoms with E-state index in [1.165, 1.54) is 24.3 Å². The molecular weight excluding hydrogens is 464 g/mol. The molecule has 0 radical (unpaired) electrons. The Bertz CT molecular complexity index is 1150. The predicted octanol–water partition coefficient (Wildman–Crippen LogP) is 5.03. The van der Waals surface area contributed by atoms with Crippen LogP contribution in [0.1, 0.15) is 58.5 Å². The van der Waals surface area contributed by atoms with Gasteiger partial charge in [-0.25, -0.2) is 9.59 Å². The number of carbonyl (C=O) groups is 4. The Morgan fingerprint density at radius 2 is 1.00 bits per heavy atom. The lowest BCUT2D eigenvalue weighted by Gasteiger charge is -2.11. The van der Waals surface area contributed by atoms with E-state index in [1.807, 2.05) is 0 Å². The molecule has 8 heteroatoms. The first-order valence-electron chi connectivity index (χ1n) is 11.4. The van der Waals surface area contributed by atoms with Gasteiger partial charge in [0.25, 0.3) is 0 Å². The van der Waals surface area contributed by atoms with Crippen LogP contribution in [-0.2, 0) is 32.3 Å². The molecule has 0 atom stereocenters. The van der Waals surface area contributed by atoms with Gasteiger partial charge in [0, 0.05) is 12.8 Å². The molecule has 3 aromatic rings. The zero-order valence-electron chi connectivity index (χ0n) is 20.0. The van der Waals surface area contributed by atoms with Crippen LogP contribution in [0.25, 0.3) is 0 Å². The van der Waals surface area contributed by atoms with E-state index < -0.39 is 23.9 Å². The summed E-state index contributed by atoms with van der Waals surface area (Å²) in [5, 5.41) is 0. The van der Waals surface area contributed by atoms with Crippen molar-refractivity contribution < 1.29 is 38.1 Å². The van der Waals surface area contributed by atoms with Gasteiger partial charge < -0.3 is 18.9 Å². The summed E-state index contributed by atoms with van der Waals surface area (Å²) in [4.78, 5) is 48.4. The maximum absolute atomic E-state index is 12.6. The fraction of sp³-hybridized carbons (Fsp3) is 0.214. The highest BCUT2D eigenvalue weighted by atomic mass is 16.6. The second-order valence-electron chi connectivity index (χ2n) is 7.62. The van der Waals surface area contributed by atoms with Gasteiger partial charge in [0.1, 0.15) is 35.8 Å². The SMILES string of the molecule is CCC(=O)Oc1ccccc1C(=O)OCc1cccc(COC(=O)c2ccccc2OC(=O)CC)c1. The first kappa shape index (κ1) is 26.2. The lowest BCUT2D eigenvalue weighted by atomic mass is 10.1. The third kappa shape index (κ3) is 7.27. The minimum atomic E-state index is -0.635. The number of benzene rings is 3. The average molecular weight is 491 g/mol. The minimum absolute atomic E-state index is 0.0352. The standard InChI is InChI=1S/C28H26O8/c1-3-25(29)35-23-14-7-5-12-21(23)27(31)33-17-19-10-9-11-20(16-19)18-34-28(32)22-13-6-8-15-24(22)36-26(30)4-2/h5-16H,3-4,17-18H2,1-2H3. The highest BCUT2D eigenvalue weighted by molar-refractivity contribution is 5.94. The van der Waals surface area contributed by atoms with E-state index in [1.54, 1.807) is 62.4 Å². The van der Waals surface area contributed by atoms with Crippen LogP contribution >= 0.6 is 0 Å². The largest absolute Gasteiger partial charge is 0.457 e. The highest BCUT2D eigenvalue weighted by Crippen LogP contribution is 2.22. The summed E-state index contributed by atoms with van der Waals surface area (Å²) in [7, 11) is 0. The van der Waals surface area contributed by atoms with Crippen molar-refractivity contribution in [3.8, 4) is 11.5 Å². The third-order valence-electron chi connectivity index (χ3n) is 4.97. The Hall–Kier alpha value is -4.46. The van der Waals surface area contributed by atoms with E-state index >= 15 is 0 Å². The second kappa shape index (κ2) is 12.9. The Morgan fingerprint density at radius 3 is 1.42 bits per heavy atom.